The van der Waals surface area contributed by atoms with Crippen molar-refractivity contribution in [2.24, 2.45) is 5.92 Å². The summed E-state index contributed by atoms with van der Waals surface area (Å²) in [5.41, 5.74) is 2.59. The molecular weight excluding hydrogens is 322 g/mol. The van der Waals surface area contributed by atoms with Crippen molar-refractivity contribution >= 4 is 5.91 Å². The average Bonchev–Trinajstić information content (AvgIpc) is 2.68. The summed E-state index contributed by atoms with van der Waals surface area (Å²) in [4.78, 5) is 14.9. The number of hydrogen-bond donors (Lipinski definition) is 0. The molecule has 0 unspecified atom stereocenters. The summed E-state index contributed by atoms with van der Waals surface area (Å²) < 4.78 is 5.96. The average molecular weight is 351 g/mol. The van der Waals surface area contributed by atoms with Crippen LogP contribution in [0.15, 0.2) is 54.6 Å². The van der Waals surface area contributed by atoms with E-state index in [0.29, 0.717) is 12.3 Å². The van der Waals surface area contributed by atoms with Gasteiger partial charge in [-0.05, 0) is 56.2 Å². The number of likely N-dealkylation sites (tertiary alicyclic amines) is 1. The maximum absolute atomic E-state index is 12.9. The molecule has 2 aromatic carbocycles. The maximum Gasteiger partial charge on any atom is 0.263 e. The Labute approximate surface area is 157 Å². The first kappa shape index (κ1) is 18.5. The number of rotatable bonds is 6. The van der Waals surface area contributed by atoms with E-state index in [4.69, 9.17) is 4.74 Å². The molecule has 0 radical (unpaired) electrons. The van der Waals surface area contributed by atoms with Gasteiger partial charge >= 0.3 is 0 Å². The molecule has 0 spiro atoms. The zero-order valence-electron chi connectivity index (χ0n) is 15.9. The molecular formula is C23H29NO2. The van der Waals surface area contributed by atoms with Gasteiger partial charge in [0.1, 0.15) is 5.75 Å². The molecule has 3 rings (SSSR count). The minimum absolute atomic E-state index is 0.131. The number of carbonyl (C=O) groups excluding carboxylic acids is 1. The van der Waals surface area contributed by atoms with E-state index >= 15 is 0 Å². The molecule has 0 aromatic heterocycles. The first-order valence-corrected chi connectivity index (χ1v) is 9.71. The van der Waals surface area contributed by atoms with Crippen LogP contribution in [0.3, 0.4) is 0 Å². The van der Waals surface area contributed by atoms with Crippen molar-refractivity contribution < 1.29 is 9.53 Å². The molecule has 2 aromatic rings. The standard InChI is InChI=1S/C23H29NO2/c1-3-22(26-21-11-9-18(2)10-12-21)23(25)24-15-13-20(14-16-24)17-19-7-5-4-6-8-19/h4-12,20,22H,3,13-17H2,1-2H3/t22-/m1/s1. The highest BCUT2D eigenvalue weighted by Crippen LogP contribution is 2.23. The molecule has 1 aliphatic heterocycles. The van der Waals surface area contributed by atoms with Gasteiger partial charge in [0.2, 0.25) is 0 Å². The van der Waals surface area contributed by atoms with Crippen LogP contribution in [-0.4, -0.2) is 30.0 Å². The molecule has 0 saturated carbocycles. The lowest BCUT2D eigenvalue weighted by Crippen LogP contribution is -2.45. The summed E-state index contributed by atoms with van der Waals surface area (Å²) in [6, 6.07) is 18.6. The Bertz CT molecular complexity index is 688. The van der Waals surface area contributed by atoms with Gasteiger partial charge in [0, 0.05) is 13.1 Å². The first-order chi connectivity index (χ1) is 12.7. The van der Waals surface area contributed by atoms with Gasteiger partial charge in [-0.1, -0.05) is 55.0 Å². The van der Waals surface area contributed by atoms with Crippen LogP contribution in [-0.2, 0) is 11.2 Å². The van der Waals surface area contributed by atoms with E-state index in [1.54, 1.807) is 0 Å². The predicted molar refractivity (Wildman–Crippen MR) is 105 cm³/mol. The third-order valence-corrected chi connectivity index (χ3v) is 5.24. The second-order valence-corrected chi connectivity index (χ2v) is 7.29. The molecule has 0 N–H and O–H groups in total. The van der Waals surface area contributed by atoms with E-state index < -0.39 is 0 Å². The minimum Gasteiger partial charge on any atom is -0.481 e. The van der Waals surface area contributed by atoms with E-state index in [-0.39, 0.29) is 12.0 Å². The van der Waals surface area contributed by atoms with Crippen molar-refractivity contribution in [3.63, 3.8) is 0 Å². The van der Waals surface area contributed by atoms with Crippen molar-refractivity contribution in [1.82, 2.24) is 4.90 Å². The van der Waals surface area contributed by atoms with E-state index in [0.717, 1.165) is 38.1 Å². The summed E-state index contributed by atoms with van der Waals surface area (Å²) in [5.74, 6) is 1.57. The summed E-state index contributed by atoms with van der Waals surface area (Å²) in [6.45, 7) is 5.74. The lowest BCUT2D eigenvalue weighted by atomic mass is 9.90. The number of hydrogen-bond acceptors (Lipinski definition) is 2. The number of aryl methyl sites for hydroxylation is 1. The molecule has 0 aliphatic carbocycles. The molecule has 1 fully saturated rings. The Kier molecular flexibility index (Phi) is 6.32. The molecule has 26 heavy (non-hydrogen) atoms. The topological polar surface area (TPSA) is 29.5 Å². The predicted octanol–water partition coefficient (Wildman–Crippen LogP) is 4.63. The minimum atomic E-state index is -0.386. The molecule has 1 heterocycles. The Morgan fingerprint density at radius 2 is 1.73 bits per heavy atom. The van der Waals surface area contributed by atoms with Crippen LogP contribution in [0.25, 0.3) is 0 Å². The Balaban J connectivity index is 1.52. The van der Waals surface area contributed by atoms with E-state index in [1.165, 1.54) is 11.1 Å². The fourth-order valence-corrected chi connectivity index (χ4v) is 3.60. The van der Waals surface area contributed by atoms with E-state index in [9.17, 15) is 4.79 Å². The van der Waals surface area contributed by atoms with Crippen LogP contribution in [0.5, 0.6) is 5.75 Å². The van der Waals surface area contributed by atoms with Crippen molar-refractivity contribution in [2.45, 2.75) is 45.6 Å². The van der Waals surface area contributed by atoms with Crippen molar-refractivity contribution in [3.8, 4) is 5.75 Å². The van der Waals surface area contributed by atoms with Gasteiger partial charge in [-0.2, -0.15) is 0 Å². The van der Waals surface area contributed by atoms with E-state index in [1.807, 2.05) is 43.0 Å². The summed E-state index contributed by atoms with van der Waals surface area (Å²) >= 11 is 0. The summed E-state index contributed by atoms with van der Waals surface area (Å²) in [6.07, 6.45) is 3.56. The second-order valence-electron chi connectivity index (χ2n) is 7.29. The highest BCUT2D eigenvalue weighted by Gasteiger charge is 2.28. The number of ether oxygens (including phenoxy) is 1. The van der Waals surface area contributed by atoms with Crippen LogP contribution in [0.1, 0.15) is 37.3 Å². The number of benzene rings is 2. The van der Waals surface area contributed by atoms with Gasteiger partial charge < -0.3 is 9.64 Å². The monoisotopic (exact) mass is 351 g/mol. The molecule has 1 saturated heterocycles. The van der Waals surface area contributed by atoms with Crippen molar-refractivity contribution in [3.05, 3.63) is 65.7 Å². The molecule has 1 aliphatic rings. The van der Waals surface area contributed by atoms with Gasteiger partial charge in [0.25, 0.3) is 5.91 Å². The molecule has 1 atom stereocenters. The number of piperidine rings is 1. The van der Waals surface area contributed by atoms with Crippen LogP contribution in [0, 0.1) is 12.8 Å². The molecule has 3 heteroatoms. The highest BCUT2D eigenvalue weighted by molar-refractivity contribution is 5.81. The van der Waals surface area contributed by atoms with Crippen LogP contribution in [0.2, 0.25) is 0 Å². The van der Waals surface area contributed by atoms with Crippen molar-refractivity contribution in [2.75, 3.05) is 13.1 Å². The SMILES string of the molecule is CC[C@@H](Oc1ccc(C)cc1)C(=O)N1CCC(Cc2ccccc2)CC1. The lowest BCUT2D eigenvalue weighted by molar-refractivity contribution is -0.140. The van der Waals surface area contributed by atoms with Crippen LogP contribution >= 0.6 is 0 Å². The molecule has 138 valence electrons. The van der Waals surface area contributed by atoms with Gasteiger partial charge in [0.15, 0.2) is 6.10 Å². The first-order valence-electron chi connectivity index (χ1n) is 9.71. The number of carbonyl (C=O) groups is 1. The Morgan fingerprint density at radius 1 is 1.08 bits per heavy atom. The fourth-order valence-electron chi connectivity index (χ4n) is 3.60. The van der Waals surface area contributed by atoms with Crippen molar-refractivity contribution in [1.29, 1.82) is 0 Å². The normalized spacial score (nSPS) is 16.3. The summed E-state index contributed by atoms with van der Waals surface area (Å²) in [7, 11) is 0. The smallest absolute Gasteiger partial charge is 0.263 e. The zero-order chi connectivity index (χ0) is 18.4. The molecule has 0 bridgehead atoms. The fraction of sp³-hybridized carbons (Fsp3) is 0.435. The lowest BCUT2D eigenvalue weighted by Gasteiger charge is -2.34. The number of nitrogens with zero attached hydrogens (tertiary/aromatic N) is 1. The van der Waals surface area contributed by atoms with Crippen LogP contribution in [0.4, 0.5) is 0 Å². The summed E-state index contributed by atoms with van der Waals surface area (Å²) in [5, 5.41) is 0. The quantitative estimate of drug-likeness (QED) is 0.759. The van der Waals surface area contributed by atoms with Gasteiger partial charge in [-0.25, -0.2) is 0 Å². The van der Waals surface area contributed by atoms with Crippen LogP contribution < -0.4 is 4.74 Å². The third kappa shape index (κ3) is 4.87. The van der Waals surface area contributed by atoms with Gasteiger partial charge in [-0.15, -0.1) is 0 Å². The zero-order valence-corrected chi connectivity index (χ0v) is 15.9. The van der Waals surface area contributed by atoms with E-state index in [2.05, 4.69) is 30.3 Å². The molecule has 3 nitrogen and oxygen atoms in total. The number of amides is 1. The third-order valence-electron chi connectivity index (χ3n) is 5.24. The van der Waals surface area contributed by atoms with Gasteiger partial charge in [-0.3, -0.25) is 4.79 Å². The highest BCUT2D eigenvalue weighted by atomic mass is 16.5. The van der Waals surface area contributed by atoms with Gasteiger partial charge in [0.05, 0.1) is 0 Å². The molecule has 1 amide bonds. The second kappa shape index (κ2) is 8.88. The Hall–Kier alpha value is -2.29. The maximum atomic E-state index is 12.9. The largest absolute Gasteiger partial charge is 0.481 e. The Morgan fingerprint density at radius 3 is 2.35 bits per heavy atom.